The zero-order chi connectivity index (χ0) is 25.6. The molecule has 0 bridgehead atoms. The van der Waals surface area contributed by atoms with Crippen molar-refractivity contribution in [3.05, 3.63) is 59.0 Å². The third kappa shape index (κ3) is 3.88. The number of alkyl halides is 2. The van der Waals surface area contributed by atoms with E-state index in [2.05, 4.69) is 20.6 Å². The molecule has 1 amide bonds. The number of aromatic amines is 1. The molecule has 2 aromatic heterocycles. The highest BCUT2D eigenvalue weighted by molar-refractivity contribution is 5.99. The van der Waals surface area contributed by atoms with Crippen LogP contribution < -0.4 is 15.8 Å². The first kappa shape index (κ1) is 23.2. The number of carbonyl (C=O) groups is 1. The van der Waals surface area contributed by atoms with Crippen molar-refractivity contribution in [3.63, 3.8) is 0 Å². The van der Waals surface area contributed by atoms with Crippen LogP contribution in [0.25, 0.3) is 22.2 Å². The average molecular weight is 495 g/mol. The molecule has 1 fully saturated rings. The summed E-state index contributed by atoms with van der Waals surface area (Å²) < 4.78 is 46.9. The van der Waals surface area contributed by atoms with Gasteiger partial charge in [-0.2, -0.15) is 15.5 Å². The minimum absolute atomic E-state index is 0.0324. The molecule has 4 N–H and O–H groups in total. The molecule has 9 nitrogen and oxygen atoms in total. The van der Waals surface area contributed by atoms with Gasteiger partial charge in [-0.15, -0.1) is 0 Å². The molecule has 12 heteroatoms. The third-order valence-electron chi connectivity index (χ3n) is 6.28. The first-order valence-electron chi connectivity index (χ1n) is 11.0. The number of methoxy groups -OCH3 is 1. The van der Waals surface area contributed by atoms with E-state index in [4.69, 9.17) is 10.5 Å². The van der Waals surface area contributed by atoms with Crippen molar-refractivity contribution in [1.29, 1.82) is 5.26 Å². The standard InChI is InChI=1S/C24H20F3N7O2/c1-36-19-5-3-13(25)6-16(19)23(35)30-10-12-2-4-15(18-11-31-32-20(12)18)21-17(9-28)22(29)34(33-21)14-7-24(26,27)8-14/h2-6,11,14H,7-8,10,29H2,1H3,(H,30,35)(H,31,32). The van der Waals surface area contributed by atoms with Gasteiger partial charge in [0, 0.05) is 30.3 Å². The monoisotopic (exact) mass is 495 g/mol. The predicted molar refractivity (Wildman–Crippen MR) is 124 cm³/mol. The van der Waals surface area contributed by atoms with Crippen molar-refractivity contribution in [2.75, 3.05) is 12.8 Å². The van der Waals surface area contributed by atoms with E-state index in [9.17, 15) is 23.2 Å². The molecule has 0 saturated heterocycles. The lowest BCUT2D eigenvalue weighted by atomic mass is 9.88. The lowest BCUT2D eigenvalue weighted by Gasteiger charge is -2.35. The highest BCUT2D eigenvalue weighted by Crippen LogP contribution is 2.47. The van der Waals surface area contributed by atoms with E-state index in [0.717, 1.165) is 6.07 Å². The van der Waals surface area contributed by atoms with E-state index in [1.165, 1.54) is 23.9 Å². The number of nitrogens with two attached hydrogens (primary N) is 1. The lowest BCUT2D eigenvalue weighted by molar-refractivity contribution is -0.106. The second-order valence-electron chi connectivity index (χ2n) is 8.54. The minimum Gasteiger partial charge on any atom is -0.496 e. The van der Waals surface area contributed by atoms with E-state index in [1.807, 2.05) is 6.07 Å². The molecule has 0 radical (unpaired) electrons. The first-order valence-corrected chi connectivity index (χ1v) is 11.0. The molecule has 0 unspecified atom stereocenters. The number of fused-ring (bicyclic) bond motifs is 1. The van der Waals surface area contributed by atoms with Crippen LogP contribution in [0.3, 0.4) is 0 Å². The Morgan fingerprint density at radius 2 is 2.14 bits per heavy atom. The van der Waals surface area contributed by atoms with Crippen LogP contribution in [0.15, 0.2) is 36.5 Å². The molecule has 36 heavy (non-hydrogen) atoms. The summed E-state index contributed by atoms with van der Waals surface area (Å²) in [5.74, 6) is -3.60. The van der Waals surface area contributed by atoms with Crippen molar-refractivity contribution in [2.24, 2.45) is 0 Å². The van der Waals surface area contributed by atoms with Crippen molar-refractivity contribution < 1.29 is 22.7 Å². The SMILES string of the molecule is COc1ccc(F)cc1C(=O)NCc1ccc(-c2nn(C3CC(F)(F)C3)c(N)c2C#N)c2cn[nH]c12. The second-order valence-corrected chi connectivity index (χ2v) is 8.54. The van der Waals surface area contributed by atoms with Gasteiger partial charge in [0.05, 0.1) is 30.4 Å². The van der Waals surface area contributed by atoms with Crippen LogP contribution in [-0.4, -0.2) is 38.9 Å². The Kier molecular flexibility index (Phi) is 5.55. The van der Waals surface area contributed by atoms with Crippen LogP contribution in [0.4, 0.5) is 19.0 Å². The van der Waals surface area contributed by atoms with Gasteiger partial charge in [-0.25, -0.2) is 17.9 Å². The molecule has 184 valence electrons. The fraction of sp³-hybridized carbons (Fsp3) is 0.250. The Balaban J connectivity index is 1.45. The summed E-state index contributed by atoms with van der Waals surface area (Å²) in [4.78, 5) is 12.7. The normalized spacial score (nSPS) is 14.9. The van der Waals surface area contributed by atoms with Gasteiger partial charge >= 0.3 is 0 Å². The number of H-pyrrole nitrogens is 1. The van der Waals surface area contributed by atoms with Crippen LogP contribution in [-0.2, 0) is 6.54 Å². The molecule has 5 rings (SSSR count). The van der Waals surface area contributed by atoms with Crippen molar-refractivity contribution in [1.82, 2.24) is 25.3 Å². The van der Waals surface area contributed by atoms with Crippen LogP contribution in [0.2, 0.25) is 0 Å². The molecular formula is C24H20F3N7O2. The summed E-state index contributed by atoms with van der Waals surface area (Å²) >= 11 is 0. The number of nitrogens with one attached hydrogen (secondary N) is 2. The number of hydrogen-bond acceptors (Lipinski definition) is 6. The number of nitriles is 1. The van der Waals surface area contributed by atoms with Gasteiger partial charge in [-0.05, 0) is 23.8 Å². The molecular weight excluding hydrogens is 475 g/mol. The van der Waals surface area contributed by atoms with Crippen LogP contribution >= 0.6 is 0 Å². The van der Waals surface area contributed by atoms with E-state index < -0.39 is 23.7 Å². The Morgan fingerprint density at radius 3 is 2.83 bits per heavy atom. The van der Waals surface area contributed by atoms with E-state index in [1.54, 1.807) is 18.3 Å². The second kappa shape index (κ2) is 8.60. The zero-order valence-corrected chi connectivity index (χ0v) is 19.0. The predicted octanol–water partition coefficient (Wildman–Crippen LogP) is 3.93. The van der Waals surface area contributed by atoms with Gasteiger partial charge in [0.15, 0.2) is 0 Å². The van der Waals surface area contributed by atoms with E-state index in [-0.39, 0.29) is 47.8 Å². The summed E-state index contributed by atoms with van der Waals surface area (Å²) in [5, 5.41) is 24.4. The van der Waals surface area contributed by atoms with Gasteiger partial charge < -0.3 is 15.8 Å². The highest BCUT2D eigenvalue weighted by Gasteiger charge is 2.47. The Labute approximate surface area is 202 Å². The molecule has 2 heterocycles. The largest absolute Gasteiger partial charge is 0.496 e. The summed E-state index contributed by atoms with van der Waals surface area (Å²) in [6.07, 6.45) is 0.761. The number of nitrogens with zero attached hydrogens (tertiary/aromatic N) is 4. The third-order valence-corrected chi connectivity index (χ3v) is 6.28. The fourth-order valence-corrected chi connectivity index (χ4v) is 4.40. The summed E-state index contributed by atoms with van der Waals surface area (Å²) in [6, 6.07) is 8.51. The van der Waals surface area contributed by atoms with Gasteiger partial charge in [0.1, 0.15) is 34.7 Å². The van der Waals surface area contributed by atoms with Gasteiger partial charge in [-0.3, -0.25) is 9.89 Å². The molecule has 2 aromatic carbocycles. The summed E-state index contributed by atoms with van der Waals surface area (Å²) in [5.41, 5.74) is 8.28. The molecule has 0 atom stereocenters. The van der Waals surface area contributed by atoms with Crippen molar-refractivity contribution in [3.8, 4) is 23.1 Å². The summed E-state index contributed by atoms with van der Waals surface area (Å²) in [7, 11) is 1.39. The molecule has 4 aromatic rings. The van der Waals surface area contributed by atoms with Crippen LogP contribution in [0.1, 0.15) is 40.4 Å². The maximum atomic E-state index is 13.7. The lowest BCUT2D eigenvalue weighted by Crippen LogP contribution is -2.37. The highest BCUT2D eigenvalue weighted by atomic mass is 19.3. The molecule has 0 spiro atoms. The molecule has 1 aliphatic carbocycles. The van der Waals surface area contributed by atoms with Gasteiger partial charge in [-0.1, -0.05) is 12.1 Å². The molecule has 0 aliphatic heterocycles. The van der Waals surface area contributed by atoms with Gasteiger partial charge in [0.2, 0.25) is 0 Å². The Morgan fingerprint density at radius 1 is 1.36 bits per heavy atom. The van der Waals surface area contributed by atoms with Crippen LogP contribution in [0.5, 0.6) is 5.75 Å². The molecule has 1 aliphatic rings. The number of ether oxygens (including phenoxy) is 1. The van der Waals surface area contributed by atoms with Crippen molar-refractivity contribution >= 4 is 22.6 Å². The topological polar surface area (TPSA) is 135 Å². The summed E-state index contributed by atoms with van der Waals surface area (Å²) in [6.45, 7) is 0.0797. The number of benzene rings is 2. The number of amides is 1. The number of anilines is 1. The number of nitrogen functional groups attached to an aromatic ring is 1. The minimum atomic E-state index is -2.77. The smallest absolute Gasteiger partial charge is 0.255 e. The van der Waals surface area contributed by atoms with E-state index >= 15 is 0 Å². The van der Waals surface area contributed by atoms with E-state index in [0.29, 0.717) is 22.0 Å². The van der Waals surface area contributed by atoms with Gasteiger partial charge in [0.25, 0.3) is 11.8 Å². The fourth-order valence-electron chi connectivity index (χ4n) is 4.40. The average Bonchev–Trinajstić information content (AvgIpc) is 3.45. The Bertz CT molecular complexity index is 1530. The van der Waals surface area contributed by atoms with Crippen LogP contribution in [0, 0.1) is 17.1 Å². The number of halogens is 3. The first-order chi connectivity index (χ1) is 17.2. The zero-order valence-electron chi connectivity index (χ0n) is 19.0. The maximum Gasteiger partial charge on any atom is 0.255 e. The quantitative estimate of drug-likeness (QED) is 0.371. The number of hydrogen-bond donors (Lipinski definition) is 3. The molecule has 1 saturated carbocycles. The Hall–Kier alpha value is -4.53. The number of rotatable bonds is 6. The maximum absolute atomic E-state index is 13.7. The number of carbonyl (C=O) groups excluding carboxylic acids is 1. The number of aromatic nitrogens is 4. The van der Waals surface area contributed by atoms with Crippen molar-refractivity contribution in [2.45, 2.75) is 31.4 Å².